The maximum Gasteiger partial charge on any atom is 0.186 e. The van der Waals surface area contributed by atoms with Crippen molar-refractivity contribution < 1.29 is 4.79 Å². The molecule has 0 atom stereocenters. The number of Topliss-reactive ketones (excluding diaryl/α,β-unsaturated/α-hetero) is 1. The highest BCUT2D eigenvalue weighted by atomic mass is 16.1. The summed E-state index contributed by atoms with van der Waals surface area (Å²) in [5, 5.41) is 7.32. The summed E-state index contributed by atoms with van der Waals surface area (Å²) in [5.74, 6) is 0.226. The first kappa shape index (κ1) is 10.4. The number of rotatable bonds is 2. The molecule has 0 spiro atoms. The lowest BCUT2D eigenvalue weighted by molar-refractivity contribution is 0.0751. The van der Waals surface area contributed by atoms with Gasteiger partial charge in [0.2, 0.25) is 0 Å². The molecule has 2 rings (SSSR count). The Morgan fingerprint density at radius 3 is 2.73 bits per heavy atom. The Morgan fingerprint density at radius 1 is 1.53 bits per heavy atom. The predicted molar refractivity (Wildman–Crippen MR) is 57.7 cm³/mol. The standard InChI is InChI=1S/C11H17N3O/c1-11(4-7-12-8-5-11)10(15)9-3-6-13-14(9)2/h3,6,12H,4-5,7-8H2,1-2H3. The van der Waals surface area contributed by atoms with Crippen molar-refractivity contribution in [2.24, 2.45) is 12.5 Å². The number of nitrogens with one attached hydrogen (secondary N) is 1. The lowest BCUT2D eigenvalue weighted by atomic mass is 9.76. The number of hydrogen-bond acceptors (Lipinski definition) is 3. The fourth-order valence-electron chi connectivity index (χ4n) is 2.11. The third kappa shape index (κ3) is 1.81. The minimum absolute atomic E-state index is 0.209. The van der Waals surface area contributed by atoms with Crippen molar-refractivity contribution in [1.82, 2.24) is 15.1 Å². The van der Waals surface area contributed by atoms with Crippen LogP contribution < -0.4 is 5.32 Å². The Labute approximate surface area is 89.7 Å². The highest BCUT2D eigenvalue weighted by molar-refractivity contribution is 5.98. The van der Waals surface area contributed by atoms with Crippen LogP contribution >= 0.6 is 0 Å². The van der Waals surface area contributed by atoms with Crippen LogP contribution in [-0.2, 0) is 7.05 Å². The van der Waals surface area contributed by atoms with E-state index in [1.54, 1.807) is 16.9 Å². The molecular weight excluding hydrogens is 190 g/mol. The molecule has 1 aromatic rings. The average molecular weight is 207 g/mol. The minimum atomic E-state index is -0.209. The fourth-order valence-corrected chi connectivity index (χ4v) is 2.11. The lowest BCUT2D eigenvalue weighted by Gasteiger charge is -2.32. The van der Waals surface area contributed by atoms with Gasteiger partial charge in [-0.1, -0.05) is 6.92 Å². The van der Waals surface area contributed by atoms with E-state index in [1.807, 2.05) is 7.05 Å². The van der Waals surface area contributed by atoms with Crippen molar-refractivity contribution in [2.75, 3.05) is 13.1 Å². The Hall–Kier alpha value is -1.16. The molecule has 4 heteroatoms. The molecule has 1 N–H and O–H groups in total. The number of carbonyl (C=O) groups is 1. The van der Waals surface area contributed by atoms with Crippen molar-refractivity contribution in [3.8, 4) is 0 Å². The number of carbonyl (C=O) groups excluding carboxylic acids is 1. The number of hydrogen-bond donors (Lipinski definition) is 1. The summed E-state index contributed by atoms with van der Waals surface area (Å²) in [4.78, 5) is 12.3. The second-order valence-corrected chi connectivity index (χ2v) is 4.48. The predicted octanol–water partition coefficient (Wildman–Crippen LogP) is 0.992. The van der Waals surface area contributed by atoms with E-state index in [0.717, 1.165) is 31.6 Å². The highest BCUT2D eigenvalue weighted by Crippen LogP contribution is 2.31. The Bertz CT molecular complexity index is 364. The molecule has 0 amide bonds. The quantitative estimate of drug-likeness (QED) is 0.736. The van der Waals surface area contributed by atoms with Gasteiger partial charge in [-0.25, -0.2) is 0 Å². The SMILES string of the molecule is Cn1nccc1C(=O)C1(C)CCNCC1. The van der Waals surface area contributed by atoms with Gasteiger partial charge in [-0.15, -0.1) is 0 Å². The molecule has 1 aliphatic heterocycles. The molecule has 0 bridgehead atoms. The van der Waals surface area contributed by atoms with Gasteiger partial charge in [-0.2, -0.15) is 5.10 Å². The smallest absolute Gasteiger partial charge is 0.186 e. The first-order valence-electron chi connectivity index (χ1n) is 5.37. The van der Waals surface area contributed by atoms with Crippen molar-refractivity contribution in [3.05, 3.63) is 18.0 Å². The second kappa shape index (κ2) is 3.77. The van der Waals surface area contributed by atoms with Gasteiger partial charge in [0.1, 0.15) is 5.69 Å². The molecule has 0 aromatic carbocycles. The molecule has 0 radical (unpaired) electrons. The van der Waals surface area contributed by atoms with Gasteiger partial charge >= 0.3 is 0 Å². The van der Waals surface area contributed by atoms with Crippen LogP contribution in [0.1, 0.15) is 30.3 Å². The van der Waals surface area contributed by atoms with Crippen LogP contribution in [-0.4, -0.2) is 28.7 Å². The maximum absolute atomic E-state index is 12.3. The lowest BCUT2D eigenvalue weighted by Crippen LogP contribution is -2.40. The molecule has 2 heterocycles. The zero-order valence-corrected chi connectivity index (χ0v) is 9.29. The molecule has 1 aromatic heterocycles. The summed E-state index contributed by atoms with van der Waals surface area (Å²) in [6.45, 7) is 3.92. The summed E-state index contributed by atoms with van der Waals surface area (Å²) in [7, 11) is 1.82. The molecule has 1 fully saturated rings. The molecule has 0 aliphatic carbocycles. The van der Waals surface area contributed by atoms with E-state index in [2.05, 4.69) is 17.3 Å². The molecule has 15 heavy (non-hydrogen) atoms. The maximum atomic E-state index is 12.3. The van der Waals surface area contributed by atoms with Crippen LogP contribution in [0.4, 0.5) is 0 Å². The van der Waals surface area contributed by atoms with Gasteiger partial charge in [0.25, 0.3) is 0 Å². The van der Waals surface area contributed by atoms with Crippen molar-refractivity contribution in [3.63, 3.8) is 0 Å². The van der Waals surface area contributed by atoms with Gasteiger partial charge in [-0.3, -0.25) is 9.48 Å². The molecule has 1 saturated heterocycles. The fraction of sp³-hybridized carbons (Fsp3) is 0.636. The summed E-state index contributed by atoms with van der Waals surface area (Å²) >= 11 is 0. The van der Waals surface area contributed by atoms with E-state index in [9.17, 15) is 4.79 Å². The van der Waals surface area contributed by atoms with Gasteiger partial charge < -0.3 is 5.32 Å². The van der Waals surface area contributed by atoms with Gasteiger partial charge in [0.05, 0.1) is 0 Å². The highest BCUT2D eigenvalue weighted by Gasteiger charge is 2.36. The van der Waals surface area contributed by atoms with Crippen molar-refractivity contribution in [1.29, 1.82) is 0 Å². The topological polar surface area (TPSA) is 46.9 Å². The number of ketones is 1. The number of aryl methyl sites for hydroxylation is 1. The zero-order valence-electron chi connectivity index (χ0n) is 9.29. The van der Waals surface area contributed by atoms with Crippen LogP contribution in [0.2, 0.25) is 0 Å². The second-order valence-electron chi connectivity index (χ2n) is 4.48. The molecule has 0 unspecified atom stereocenters. The van der Waals surface area contributed by atoms with Crippen LogP contribution in [0.5, 0.6) is 0 Å². The number of aromatic nitrogens is 2. The summed E-state index contributed by atoms with van der Waals surface area (Å²) in [5.41, 5.74) is 0.512. The van der Waals surface area contributed by atoms with E-state index in [4.69, 9.17) is 0 Å². The van der Waals surface area contributed by atoms with E-state index < -0.39 is 0 Å². The van der Waals surface area contributed by atoms with Crippen LogP contribution in [0.15, 0.2) is 12.3 Å². The summed E-state index contributed by atoms with van der Waals surface area (Å²) in [6.07, 6.45) is 3.51. The third-order valence-corrected chi connectivity index (χ3v) is 3.31. The molecule has 1 aliphatic rings. The zero-order chi connectivity index (χ0) is 10.9. The van der Waals surface area contributed by atoms with Crippen LogP contribution in [0.25, 0.3) is 0 Å². The largest absolute Gasteiger partial charge is 0.317 e. The number of piperidine rings is 1. The Kier molecular flexibility index (Phi) is 2.61. The Balaban J connectivity index is 2.23. The first-order chi connectivity index (χ1) is 7.13. The van der Waals surface area contributed by atoms with E-state index in [0.29, 0.717) is 0 Å². The monoisotopic (exact) mass is 207 g/mol. The molecular formula is C11H17N3O. The normalized spacial score (nSPS) is 20.1. The minimum Gasteiger partial charge on any atom is -0.317 e. The summed E-state index contributed by atoms with van der Waals surface area (Å²) in [6, 6.07) is 1.80. The van der Waals surface area contributed by atoms with Gasteiger partial charge in [0.15, 0.2) is 5.78 Å². The first-order valence-corrected chi connectivity index (χ1v) is 5.37. The van der Waals surface area contributed by atoms with Gasteiger partial charge in [-0.05, 0) is 32.0 Å². The van der Waals surface area contributed by atoms with Crippen molar-refractivity contribution >= 4 is 5.78 Å². The Morgan fingerprint density at radius 2 is 2.20 bits per heavy atom. The summed E-state index contributed by atoms with van der Waals surface area (Å²) < 4.78 is 1.66. The average Bonchev–Trinajstić information content (AvgIpc) is 2.64. The van der Waals surface area contributed by atoms with E-state index in [-0.39, 0.29) is 11.2 Å². The molecule has 4 nitrogen and oxygen atoms in total. The van der Waals surface area contributed by atoms with Crippen LogP contribution in [0.3, 0.4) is 0 Å². The van der Waals surface area contributed by atoms with Crippen LogP contribution in [0, 0.1) is 5.41 Å². The van der Waals surface area contributed by atoms with Crippen molar-refractivity contribution in [2.45, 2.75) is 19.8 Å². The van der Waals surface area contributed by atoms with Gasteiger partial charge in [0, 0.05) is 18.7 Å². The van der Waals surface area contributed by atoms with E-state index >= 15 is 0 Å². The third-order valence-electron chi connectivity index (χ3n) is 3.31. The molecule has 82 valence electrons. The molecule has 0 saturated carbocycles. The number of nitrogens with zero attached hydrogens (tertiary/aromatic N) is 2. The van der Waals surface area contributed by atoms with E-state index in [1.165, 1.54) is 0 Å².